The highest BCUT2D eigenvalue weighted by atomic mass is 35.5. The van der Waals surface area contributed by atoms with Crippen LogP contribution in [0.15, 0.2) is 36.4 Å². The number of halogens is 3. The van der Waals surface area contributed by atoms with Crippen molar-refractivity contribution in [2.24, 2.45) is 0 Å². The summed E-state index contributed by atoms with van der Waals surface area (Å²) in [6, 6.07) is 9.08. The van der Waals surface area contributed by atoms with Crippen LogP contribution in [-0.2, 0) is 6.42 Å². The maximum Gasteiger partial charge on any atom is 0.125 e. The molecule has 0 aliphatic rings. The van der Waals surface area contributed by atoms with E-state index >= 15 is 0 Å². The monoisotopic (exact) mass is 306 g/mol. The van der Waals surface area contributed by atoms with Gasteiger partial charge in [-0.1, -0.05) is 0 Å². The molecule has 0 bridgehead atoms. The van der Waals surface area contributed by atoms with Gasteiger partial charge in [0, 0.05) is 18.4 Å². The molecule has 0 atom stereocenters. The highest BCUT2D eigenvalue weighted by molar-refractivity contribution is 6.17. The fourth-order valence-electron chi connectivity index (χ4n) is 2.48. The molecule has 0 saturated heterocycles. The molecule has 1 heterocycles. The zero-order chi connectivity index (χ0) is 15.0. The van der Waals surface area contributed by atoms with Gasteiger partial charge >= 0.3 is 0 Å². The van der Waals surface area contributed by atoms with Crippen LogP contribution in [0.25, 0.3) is 16.7 Å². The van der Waals surface area contributed by atoms with Crippen LogP contribution in [0, 0.1) is 18.6 Å². The van der Waals surface area contributed by atoms with E-state index in [1.54, 1.807) is 10.6 Å². The van der Waals surface area contributed by atoms with Crippen LogP contribution >= 0.6 is 11.6 Å². The quantitative estimate of drug-likeness (QED) is 0.656. The number of hydrogen-bond acceptors (Lipinski definition) is 1. The Labute approximate surface area is 126 Å². The minimum Gasteiger partial charge on any atom is -0.296 e. The first-order chi connectivity index (χ1) is 10.1. The van der Waals surface area contributed by atoms with Gasteiger partial charge < -0.3 is 0 Å². The lowest BCUT2D eigenvalue weighted by molar-refractivity contribution is 0.625. The third-order valence-corrected chi connectivity index (χ3v) is 3.48. The van der Waals surface area contributed by atoms with Gasteiger partial charge in [0.1, 0.15) is 17.5 Å². The number of alkyl halides is 1. The second kappa shape index (κ2) is 5.45. The van der Waals surface area contributed by atoms with Crippen LogP contribution < -0.4 is 0 Å². The van der Waals surface area contributed by atoms with Gasteiger partial charge in [0.15, 0.2) is 0 Å². The van der Waals surface area contributed by atoms with Crippen molar-refractivity contribution in [2.45, 2.75) is 13.3 Å². The molecule has 0 spiro atoms. The molecule has 2 nitrogen and oxygen atoms in total. The lowest BCUT2D eigenvalue weighted by atomic mass is 10.2. The molecular formula is C16H13ClF2N2. The van der Waals surface area contributed by atoms with Crippen molar-refractivity contribution in [3.63, 3.8) is 0 Å². The Morgan fingerprint density at radius 3 is 2.62 bits per heavy atom. The summed E-state index contributed by atoms with van der Waals surface area (Å²) in [6.45, 7) is 1.81. The molecule has 0 aliphatic carbocycles. The SMILES string of the molecule is Cc1cc(F)cc(-n2c(CCCl)nc3ccc(F)cc32)c1. The smallest absolute Gasteiger partial charge is 0.125 e. The standard InChI is InChI=1S/C16H13ClF2N2/c1-10-6-12(19)8-13(7-10)21-15-9-11(18)2-3-14(15)20-16(21)4-5-17/h2-3,6-9H,4-5H2,1H3. The van der Waals surface area contributed by atoms with E-state index < -0.39 is 0 Å². The van der Waals surface area contributed by atoms with Crippen molar-refractivity contribution in [2.75, 3.05) is 5.88 Å². The van der Waals surface area contributed by atoms with Crippen molar-refractivity contribution >= 4 is 22.6 Å². The highest BCUT2D eigenvalue weighted by Crippen LogP contribution is 2.24. The summed E-state index contributed by atoms with van der Waals surface area (Å²) in [5, 5.41) is 0. The molecule has 0 fully saturated rings. The Bertz CT molecular complexity index is 791. The van der Waals surface area contributed by atoms with Crippen LogP contribution in [0.4, 0.5) is 8.78 Å². The van der Waals surface area contributed by atoms with Crippen LogP contribution in [0.1, 0.15) is 11.4 Å². The first-order valence-corrected chi connectivity index (χ1v) is 7.12. The van der Waals surface area contributed by atoms with E-state index in [4.69, 9.17) is 11.6 Å². The van der Waals surface area contributed by atoms with E-state index in [2.05, 4.69) is 4.98 Å². The average Bonchev–Trinajstić information content (AvgIpc) is 2.75. The topological polar surface area (TPSA) is 17.8 Å². The van der Waals surface area contributed by atoms with Gasteiger partial charge in [0.2, 0.25) is 0 Å². The summed E-state index contributed by atoms with van der Waals surface area (Å²) in [5.74, 6) is 0.394. The van der Waals surface area contributed by atoms with Crippen LogP contribution in [-0.4, -0.2) is 15.4 Å². The van der Waals surface area contributed by atoms with E-state index in [0.717, 1.165) is 5.56 Å². The number of fused-ring (bicyclic) bond motifs is 1. The van der Waals surface area contributed by atoms with Gasteiger partial charge in [-0.05, 0) is 42.8 Å². The molecule has 2 aromatic carbocycles. The number of aromatic nitrogens is 2. The molecule has 0 unspecified atom stereocenters. The molecule has 108 valence electrons. The van der Waals surface area contributed by atoms with Gasteiger partial charge in [-0.3, -0.25) is 4.57 Å². The van der Waals surface area contributed by atoms with E-state index in [9.17, 15) is 8.78 Å². The molecular weight excluding hydrogens is 294 g/mol. The molecule has 21 heavy (non-hydrogen) atoms. The lowest BCUT2D eigenvalue weighted by Crippen LogP contribution is -2.03. The maximum atomic E-state index is 13.7. The number of nitrogens with zero attached hydrogens (tertiary/aromatic N) is 2. The molecule has 0 N–H and O–H groups in total. The maximum absolute atomic E-state index is 13.7. The Hall–Kier alpha value is -1.94. The molecule has 0 radical (unpaired) electrons. The largest absolute Gasteiger partial charge is 0.296 e. The predicted octanol–water partition coefficient (Wildman–Crippen LogP) is 4.39. The summed E-state index contributed by atoms with van der Waals surface area (Å²) >= 11 is 5.82. The first-order valence-electron chi connectivity index (χ1n) is 6.59. The summed E-state index contributed by atoms with van der Waals surface area (Å²) in [4.78, 5) is 4.47. The van der Waals surface area contributed by atoms with Crippen LogP contribution in [0.2, 0.25) is 0 Å². The Morgan fingerprint density at radius 1 is 1.10 bits per heavy atom. The van der Waals surface area contributed by atoms with E-state index in [1.807, 2.05) is 13.0 Å². The second-order valence-corrected chi connectivity index (χ2v) is 5.30. The minimum absolute atomic E-state index is 0.333. The zero-order valence-electron chi connectivity index (χ0n) is 11.4. The van der Waals surface area contributed by atoms with E-state index in [-0.39, 0.29) is 11.6 Å². The average molecular weight is 307 g/mol. The number of aryl methyl sites for hydroxylation is 2. The zero-order valence-corrected chi connectivity index (χ0v) is 12.2. The minimum atomic E-state index is -0.353. The Morgan fingerprint density at radius 2 is 1.90 bits per heavy atom. The van der Waals surface area contributed by atoms with Crippen molar-refractivity contribution < 1.29 is 8.78 Å². The first kappa shape index (κ1) is 14.0. The van der Waals surface area contributed by atoms with Gasteiger partial charge in [-0.25, -0.2) is 13.8 Å². The third-order valence-electron chi connectivity index (χ3n) is 3.29. The van der Waals surface area contributed by atoms with Gasteiger partial charge in [0.25, 0.3) is 0 Å². The highest BCUT2D eigenvalue weighted by Gasteiger charge is 2.13. The van der Waals surface area contributed by atoms with Crippen molar-refractivity contribution in [3.05, 3.63) is 59.4 Å². The van der Waals surface area contributed by atoms with Crippen LogP contribution in [0.5, 0.6) is 0 Å². The fraction of sp³-hybridized carbons (Fsp3) is 0.188. The van der Waals surface area contributed by atoms with Gasteiger partial charge in [0.05, 0.1) is 16.7 Å². The number of rotatable bonds is 3. The number of hydrogen-bond donors (Lipinski definition) is 0. The molecule has 5 heteroatoms. The third kappa shape index (κ3) is 2.63. The van der Waals surface area contributed by atoms with Gasteiger partial charge in [-0.2, -0.15) is 0 Å². The number of imidazole rings is 1. The summed E-state index contributed by atoms with van der Waals surface area (Å²) in [7, 11) is 0. The normalized spacial score (nSPS) is 11.2. The Kier molecular flexibility index (Phi) is 3.64. The molecule has 1 aromatic heterocycles. The van der Waals surface area contributed by atoms with Crippen molar-refractivity contribution in [1.82, 2.24) is 9.55 Å². The van der Waals surface area contributed by atoms with Crippen molar-refractivity contribution in [1.29, 1.82) is 0 Å². The second-order valence-electron chi connectivity index (χ2n) is 4.92. The van der Waals surface area contributed by atoms with Crippen molar-refractivity contribution in [3.8, 4) is 5.69 Å². The van der Waals surface area contributed by atoms with E-state index in [1.165, 1.54) is 24.3 Å². The molecule has 0 saturated carbocycles. The predicted molar refractivity (Wildman–Crippen MR) is 80.1 cm³/mol. The molecule has 3 rings (SSSR count). The Balaban J connectivity index is 2.32. The summed E-state index contributed by atoms with van der Waals surface area (Å²) < 4.78 is 29.0. The molecule has 0 amide bonds. The summed E-state index contributed by atoms with van der Waals surface area (Å²) in [5.41, 5.74) is 2.69. The van der Waals surface area contributed by atoms with Gasteiger partial charge in [-0.15, -0.1) is 11.6 Å². The van der Waals surface area contributed by atoms with E-state index in [0.29, 0.717) is 34.8 Å². The fourth-order valence-corrected chi connectivity index (χ4v) is 2.65. The number of benzene rings is 2. The molecule has 0 aliphatic heterocycles. The van der Waals surface area contributed by atoms with Crippen LogP contribution in [0.3, 0.4) is 0 Å². The lowest BCUT2D eigenvalue weighted by Gasteiger charge is -2.10. The molecule has 3 aromatic rings. The summed E-state index contributed by atoms with van der Waals surface area (Å²) in [6.07, 6.45) is 0.521.